The van der Waals surface area contributed by atoms with Gasteiger partial charge in [-0.15, -0.1) is 0 Å². The van der Waals surface area contributed by atoms with Gasteiger partial charge in [0.1, 0.15) is 0 Å². The summed E-state index contributed by atoms with van der Waals surface area (Å²) in [5, 5.41) is 0. The van der Waals surface area contributed by atoms with E-state index in [1.54, 1.807) is 0 Å². The highest BCUT2D eigenvalue weighted by atomic mass is 28.3. The molecule has 1 aliphatic heterocycles. The molecule has 96 valence electrons. The van der Waals surface area contributed by atoms with Crippen LogP contribution in [-0.2, 0) is 0 Å². The third-order valence-corrected chi connectivity index (χ3v) is 8.67. The van der Waals surface area contributed by atoms with Crippen LogP contribution >= 0.6 is 0 Å². The van der Waals surface area contributed by atoms with Gasteiger partial charge < -0.3 is 0 Å². The van der Waals surface area contributed by atoms with Crippen LogP contribution in [0.5, 0.6) is 0 Å². The Balaban J connectivity index is 1.95. The zero-order chi connectivity index (χ0) is 13.3. The molecule has 1 heterocycles. The third kappa shape index (κ3) is 2.19. The number of allylic oxidation sites excluding steroid dienone is 2. The minimum atomic E-state index is -1.39. The zero-order valence-corrected chi connectivity index (χ0v) is 12.6. The summed E-state index contributed by atoms with van der Waals surface area (Å²) in [6.45, 7) is 5.03. The lowest BCUT2D eigenvalue weighted by Gasteiger charge is -2.32. The first-order valence-electron chi connectivity index (χ1n) is 6.98. The average molecular weight is 264 g/mol. The summed E-state index contributed by atoms with van der Waals surface area (Å²) in [5.74, 6) is 0. The van der Waals surface area contributed by atoms with Crippen molar-refractivity contribution in [2.75, 3.05) is 0 Å². The second-order valence-corrected chi connectivity index (χ2v) is 10.9. The Labute approximate surface area is 116 Å². The molecule has 0 spiro atoms. The smallest absolute Gasteiger partial charge is 0.0714 e. The van der Waals surface area contributed by atoms with Crippen molar-refractivity contribution < 1.29 is 0 Å². The highest BCUT2D eigenvalue weighted by Gasteiger charge is 2.42. The Morgan fingerprint density at radius 1 is 0.632 bits per heavy atom. The van der Waals surface area contributed by atoms with Gasteiger partial charge in [-0.25, -0.2) is 0 Å². The molecular formula is C18H20Si. The fourth-order valence-corrected chi connectivity index (χ4v) is 7.02. The molecule has 0 bridgehead atoms. The number of rotatable bonds is 2. The predicted molar refractivity (Wildman–Crippen MR) is 85.0 cm³/mol. The summed E-state index contributed by atoms with van der Waals surface area (Å²) in [6.07, 6.45) is 4.89. The molecule has 1 aliphatic rings. The first kappa shape index (κ1) is 12.4. The molecule has 0 nitrogen and oxygen atoms in total. The lowest BCUT2D eigenvalue weighted by atomic mass is 10.1. The van der Waals surface area contributed by atoms with Crippen molar-refractivity contribution in [3.63, 3.8) is 0 Å². The van der Waals surface area contributed by atoms with E-state index >= 15 is 0 Å². The maximum atomic E-state index is 2.52. The molecule has 2 atom stereocenters. The summed E-state index contributed by atoms with van der Waals surface area (Å²) in [4.78, 5) is 0. The molecule has 0 N–H and O–H groups in total. The lowest BCUT2D eigenvalue weighted by molar-refractivity contribution is 1.09. The van der Waals surface area contributed by atoms with E-state index < -0.39 is 8.07 Å². The van der Waals surface area contributed by atoms with Crippen molar-refractivity contribution in [1.82, 2.24) is 0 Å². The monoisotopic (exact) mass is 264 g/mol. The molecule has 0 saturated carbocycles. The van der Waals surface area contributed by atoms with Crippen molar-refractivity contribution in [2.24, 2.45) is 0 Å². The van der Waals surface area contributed by atoms with E-state index in [-0.39, 0.29) is 0 Å². The molecule has 0 radical (unpaired) electrons. The third-order valence-electron chi connectivity index (χ3n) is 4.42. The van der Waals surface area contributed by atoms with Gasteiger partial charge in [-0.3, -0.25) is 0 Å². The minimum Gasteiger partial charge on any atom is -0.0834 e. The van der Waals surface area contributed by atoms with Gasteiger partial charge in [0.05, 0.1) is 8.07 Å². The fraction of sp³-hybridized carbons (Fsp3) is 0.222. The maximum absolute atomic E-state index is 2.52. The molecule has 1 heteroatoms. The predicted octanol–water partition coefficient (Wildman–Crippen LogP) is 4.91. The Bertz CT molecular complexity index is 518. The molecule has 3 rings (SSSR count). The van der Waals surface area contributed by atoms with Gasteiger partial charge in [0, 0.05) is 0 Å². The van der Waals surface area contributed by atoms with Gasteiger partial charge in [0.25, 0.3) is 0 Å². The number of hydrogen-bond donors (Lipinski definition) is 0. The Kier molecular flexibility index (Phi) is 3.15. The molecule has 0 amide bonds. The van der Waals surface area contributed by atoms with Gasteiger partial charge in [0.2, 0.25) is 0 Å². The van der Waals surface area contributed by atoms with Gasteiger partial charge in [-0.1, -0.05) is 85.9 Å². The molecule has 2 aromatic rings. The Hall–Kier alpha value is -1.60. The second-order valence-electron chi connectivity index (χ2n) is 5.98. The highest BCUT2D eigenvalue weighted by Crippen LogP contribution is 2.44. The molecular weight excluding hydrogens is 244 g/mol. The molecule has 0 aliphatic carbocycles. The number of hydrogen-bond acceptors (Lipinski definition) is 0. The summed E-state index contributed by atoms with van der Waals surface area (Å²) in [6, 6.07) is 21.9. The number of benzene rings is 2. The van der Waals surface area contributed by atoms with Crippen LogP contribution in [0.3, 0.4) is 0 Å². The highest BCUT2D eigenvalue weighted by molar-refractivity contribution is 6.81. The normalized spacial score (nSPS) is 24.5. The Morgan fingerprint density at radius 3 is 1.37 bits per heavy atom. The topological polar surface area (TPSA) is 0 Å². The van der Waals surface area contributed by atoms with Gasteiger partial charge in [-0.2, -0.15) is 0 Å². The molecule has 19 heavy (non-hydrogen) atoms. The van der Waals surface area contributed by atoms with Crippen LogP contribution in [0.15, 0.2) is 72.8 Å². The molecule has 0 saturated heterocycles. The van der Waals surface area contributed by atoms with E-state index in [9.17, 15) is 0 Å². The molecule has 0 fully saturated rings. The van der Waals surface area contributed by atoms with E-state index in [0.29, 0.717) is 11.1 Å². The van der Waals surface area contributed by atoms with Crippen LogP contribution in [0.2, 0.25) is 13.1 Å². The van der Waals surface area contributed by atoms with Crippen LogP contribution in [-0.4, -0.2) is 8.07 Å². The molecule has 0 unspecified atom stereocenters. The van der Waals surface area contributed by atoms with Gasteiger partial charge in [-0.05, 0) is 22.2 Å². The van der Waals surface area contributed by atoms with Crippen molar-refractivity contribution in [3.8, 4) is 0 Å². The molecule has 2 aromatic carbocycles. The van der Waals surface area contributed by atoms with Crippen molar-refractivity contribution >= 4 is 8.07 Å². The first-order valence-corrected chi connectivity index (χ1v) is 10.1. The van der Waals surface area contributed by atoms with Crippen molar-refractivity contribution in [3.05, 3.63) is 83.9 Å². The standard InChI is InChI=1S/C18H20Si/c1-19(2)17(15-9-5-3-6-10-15)13-14-18(19)16-11-7-4-8-12-16/h3-14,17-18H,1-2H3/t17-,18+. The zero-order valence-electron chi connectivity index (χ0n) is 11.6. The van der Waals surface area contributed by atoms with Crippen LogP contribution in [0, 0.1) is 0 Å². The summed E-state index contributed by atoms with van der Waals surface area (Å²) < 4.78 is 0. The van der Waals surface area contributed by atoms with E-state index in [0.717, 1.165) is 0 Å². The quantitative estimate of drug-likeness (QED) is 0.534. The van der Waals surface area contributed by atoms with E-state index in [1.165, 1.54) is 11.1 Å². The van der Waals surface area contributed by atoms with Gasteiger partial charge in [0.15, 0.2) is 0 Å². The van der Waals surface area contributed by atoms with Gasteiger partial charge >= 0.3 is 0 Å². The van der Waals surface area contributed by atoms with E-state index in [1.807, 2.05) is 0 Å². The summed E-state index contributed by atoms with van der Waals surface area (Å²) >= 11 is 0. The Morgan fingerprint density at radius 2 is 1.00 bits per heavy atom. The summed E-state index contributed by atoms with van der Waals surface area (Å²) in [5.41, 5.74) is 4.24. The van der Waals surface area contributed by atoms with E-state index in [2.05, 4.69) is 85.9 Å². The summed E-state index contributed by atoms with van der Waals surface area (Å²) in [7, 11) is -1.39. The van der Waals surface area contributed by atoms with Crippen LogP contribution in [0.4, 0.5) is 0 Å². The SMILES string of the molecule is C[Si]1(C)[C@@H](c2ccccc2)C=C[C@H]1c1ccccc1. The average Bonchev–Trinajstić information content (AvgIpc) is 2.76. The van der Waals surface area contributed by atoms with Crippen LogP contribution in [0.25, 0.3) is 0 Å². The second kappa shape index (κ2) is 4.82. The first-order chi connectivity index (χ1) is 9.19. The molecule has 0 aromatic heterocycles. The largest absolute Gasteiger partial charge is 0.0834 e. The maximum Gasteiger partial charge on any atom is 0.0714 e. The minimum absolute atomic E-state index is 0.638. The van der Waals surface area contributed by atoms with Crippen LogP contribution in [0.1, 0.15) is 22.2 Å². The lowest BCUT2D eigenvalue weighted by Crippen LogP contribution is -2.37. The van der Waals surface area contributed by atoms with Crippen molar-refractivity contribution in [2.45, 2.75) is 24.2 Å². The fourth-order valence-electron chi connectivity index (χ4n) is 3.31. The van der Waals surface area contributed by atoms with E-state index in [4.69, 9.17) is 0 Å². The van der Waals surface area contributed by atoms with Crippen molar-refractivity contribution in [1.29, 1.82) is 0 Å². The van der Waals surface area contributed by atoms with Crippen LogP contribution < -0.4 is 0 Å².